The van der Waals surface area contributed by atoms with Crippen LogP contribution in [-0.4, -0.2) is 28.0 Å². The molecular formula is C19H21N3. The van der Waals surface area contributed by atoms with Gasteiger partial charge in [-0.2, -0.15) is 0 Å². The molecule has 1 aromatic heterocycles. The Balaban J connectivity index is 1.50. The van der Waals surface area contributed by atoms with E-state index in [2.05, 4.69) is 64.5 Å². The van der Waals surface area contributed by atoms with Crippen LogP contribution >= 0.6 is 0 Å². The Labute approximate surface area is 131 Å². The molecule has 1 aliphatic rings. The molecule has 0 bridgehead atoms. The van der Waals surface area contributed by atoms with Gasteiger partial charge < -0.3 is 4.98 Å². The van der Waals surface area contributed by atoms with Gasteiger partial charge in [-0.15, -0.1) is 0 Å². The lowest BCUT2D eigenvalue weighted by molar-refractivity contribution is 0.197. The number of hydrogen-bond donors (Lipinski definition) is 1. The van der Waals surface area contributed by atoms with Crippen LogP contribution in [0.3, 0.4) is 0 Å². The second kappa shape index (κ2) is 5.93. The lowest BCUT2D eigenvalue weighted by Gasteiger charge is -2.31. The Kier molecular flexibility index (Phi) is 3.65. The third-order valence-corrected chi connectivity index (χ3v) is 4.55. The van der Waals surface area contributed by atoms with E-state index in [9.17, 15) is 0 Å². The highest BCUT2D eigenvalue weighted by molar-refractivity contribution is 5.74. The molecule has 112 valence electrons. The number of aromatic amines is 1. The number of para-hydroxylation sites is 2. The summed E-state index contributed by atoms with van der Waals surface area (Å²) in [6, 6.07) is 19.1. The van der Waals surface area contributed by atoms with Crippen LogP contribution in [0, 0.1) is 0 Å². The maximum atomic E-state index is 4.80. The first-order valence-electron chi connectivity index (χ1n) is 8.09. The minimum Gasteiger partial charge on any atom is -0.342 e. The van der Waals surface area contributed by atoms with E-state index in [0.717, 1.165) is 29.9 Å². The maximum absolute atomic E-state index is 4.80. The molecule has 1 unspecified atom stereocenters. The Morgan fingerprint density at radius 1 is 1.05 bits per heavy atom. The van der Waals surface area contributed by atoms with Crippen LogP contribution in [0.1, 0.15) is 30.1 Å². The van der Waals surface area contributed by atoms with Crippen molar-refractivity contribution in [1.82, 2.24) is 14.9 Å². The van der Waals surface area contributed by atoms with Gasteiger partial charge in [-0.1, -0.05) is 42.5 Å². The number of rotatable bonds is 3. The number of hydrogen-bond acceptors (Lipinski definition) is 2. The van der Waals surface area contributed by atoms with E-state index in [1.165, 1.54) is 24.9 Å². The molecule has 1 saturated heterocycles. The molecule has 3 aromatic rings. The van der Waals surface area contributed by atoms with E-state index in [-0.39, 0.29) is 0 Å². The van der Waals surface area contributed by atoms with E-state index in [0.29, 0.717) is 5.92 Å². The van der Waals surface area contributed by atoms with Gasteiger partial charge in [0, 0.05) is 19.0 Å². The summed E-state index contributed by atoms with van der Waals surface area (Å²) >= 11 is 0. The Morgan fingerprint density at radius 3 is 2.73 bits per heavy atom. The molecule has 2 aromatic carbocycles. The van der Waals surface area contributed by atoms with E-state index >= 15 is 0 Å². The third kappa shape index (κ3) is 2.77. The quantitative estimate of drug-likeness (QED) is 0.792. The van der Waals surface area contributed by atoms with E-state index in [1.807, 2.05) is 0 Å². The number of nitrogens with zero attached hydrogens (tertiary/aromatic N) is 2. The molecule has 3 nitrogen and oxygen atoms in total. The van der Waals surface area contributed by atoms with Crippen molar-refractivity contribution in [2.24, 2.45) is 0 Å². The monoisotopic (exact) mass is 291 g/mol. The molecule has 1 atom stereocenters. The Morgan fingerprint density at radius 2 is 1.86 bits per heavy atom. The zero-order chi connectivity index (χ0) is 14.8. The van der Waals surface area contributed by atoms with Crippen molar-refractivity contribution in [3.05, 3.63) is 66.0 Å². The second-order valence-corrected chi connectivity index (χ2v) is 6.20. The summed E-state index contributed by atoms with van der Waals surface area (Å²) in [5.41, 5.74) is 3.63. The average molecular weight is 291 g/mol. The maximum Gasteiger partial charge on any atom is 0.111 e. The van der Waals surface area contributed by atoms with Gasteiger partial charge in [-0.25, -0.2) is 4.98 Å². The van der Waals surface area contributed by atoms with Gasteiger partial charge in [0.2, 0.25) is 0 Å². The van der Waals surface area contributed by atoms with Gasteiger partial charge in [-0.05, 0) is 37.1 Å². The summed E-state index contributed by atoms with van der Waals surface area (Å²) in [4.78, 5) is 10.9. The highest BCUT2D eigenvalue weighted by Gasteiger charge is 2.23. The van der Waals surface area contributed by atoms with Crippen molar-refractivity contribution in [2.75, 3.05) is 13.1 Å². The van der Waals surface area contributed by atoms with Crippen LogP contribution in [0.4, 0.5) is 0 Å². The molecule has 2 heterocycles. The fourth-order valence-electron chi connectivity index (χ4n) is 3.43. The Bertz CT molecular complexity index is 714. The zero-order valence-corrected chi connectivity index (χ0v) is 12.7. The molecular weight excluding hydrogens is 270 g/mol. The molecule has 0 saturated carbocycles. The predicted molar refractivity (Wildman–Crippen MR) is 89.8 cm³/mol. The van der Waals surface area contributed by atoms with Crippen LogP contribution in [0.2, 0.25) is 0 Å². The topological polar surface area (TPSA) is 31.9 Å². The second-order valence-electron chi connectivity index (χ2n) is 6.20. The summed E-state index contributed by atoms with van der Waals surface area (Å²) < 4.78 is 0. The zero-order valence-electron chi connectivity index (χ0n) is 12.7. The predicted octanol–water partition coefficient (Wildman–Crippen LogP) is 3.94. The van der Waals surface area contributed by atoms with Crippen LogP contribution in [-0.2, 0) is 6.54 Å². The van der Waals surface area contributed by atoms with E-state index in [4.69, 9.17) is 4.98 Å². The summed E-state index contributed by atoms with van der Waals surface area (Å²) in [7, 11) is 0. The van der Waals surface area contributed by atoms with Crippen molar-refractivity contribution in [1.29, 1.82) is 0 Å². The van der Waals surface area contributed by atoms with E-state index in [1.54, 1.807) is 0 Å². The standard InChI is InChI=1S/C19H21N3/c1-2-7-15(8-3-1)13-22-12-6-9-16(14-22)19-20-17-10-4-5-11-18(17)21-19/h1-5,7-8,10-11,16H,6,9,12-14H2,(H,20,21). The van der Waals surface area contributed by atoms with Crippen molar-refractivity contribution >= 4 is 11.0 Å². The van der Waals surface area contributed by atoms with Gasteiger partial charge in [0.25, 0.3) is 0 Å². The van der Waals surface area contributed by atoms with Gasteiger partial charge >= 0.3 is 0 Å². The molecule has 1 N–H and O–H groups in total. The number of piperidine rings is 1. The number of likely N-dealkylation sites (tertiary alicyclic amines) is 1. The molecule has 0 amide bonds. The van der Waals surface area contributed by atoms with Crippen LogP contribution in [0.25, 0.3) is 11.0 Å². The lowest BCUT2D eigenvalue weighted by Crippen LogP contribution is -2.34. The molecule has 3 heteroatoms. The number of benzene rings is 2. The number of aromatic nitrogens is 2. The molecule has 1 fully saturated rings. The number of H-pyrrole nitrogens is 1. The molecule has 0 radical (unpaired) electrons. The smallest absolute Gasteiger partial charge is 0.111 e. The fraction of sp³-hybridized carbons (Fsp3) is 0.316. The van der Waals surface area contributed by atoms with Gasteiger partial charge in [0.1, 0.15) is 5.82 Å². The summed E-state index contributed by atoms with van der Waals surface area (Å²) in [5, 5.41) is 0. The van der Waals surface area contributed by atoms with Crippen molar-refractivity contribution in [2.45, 2.75) is 25.3 Å². The number of fused-ring (bicyclic) bond motifs is 1. The van der Waals surface area contributed by atoms with Gasteiger partial charge in [-0.3, -0.25) is 4.90 Å². The summed E-state index contributed by atoms with van der Waals surface area (Å²) in [6.07, 6.45) is 2.47. The molecule has 22 heavy (non-hydrogen) atoms. The first-order chi connectivity index (χ1) is 10.9. The summed E-state index contributed by atoms with van der Waals surface area (Å²) in [5.74, 6) is 1.67. The molecule has 4 rings (SSSR count). The molecule has 0 spiro atoms. The van der Waals surface area contributed by atoms with E-state index < -0.39 is 0 Å². The largest absolute Gasteiger partial charge is 0.342 e. The van der Waals surface area contributed by atoms with Crippen molar-refractivity contribution in [3.8, 4) is 0 Å². The molecule has 0 aliphatic carbocycles. The SMILES string of the molecule is c1ccc(CN2CCCC(c3nc4ccccc4[nH]3)C2)cc1. The fourth-order valence-corrected chi connectivity index (χ4v) is 3.43. The highest BCUT2D eigenvalue weighted by atomic mass is 15.1. The third-order valence-electron chi connectivity index (χ3n) is 4.55. The van der Waals surface area contributed by atoms with Gasteiger partial charge in [0.15, 0.2) is 0 Å². The molecule has 1 aliphatic heterocycles. The van der Waals surface area contributed by atoms with Crippen LogP contribution < -0.4 is 0 Å². The normalized spacial score (nSPS) is 19.5. The first-order valence-corrected chi connectivity index (χ1v) is 8.09. The highest BCUT2D eigenvalue weighted by Crippen LogP contribution is 2.27. The average Bonchev–Trinajstić information content (AvgIpc) is 3.00. The van der Waals surface area contributed by atoms with Crippen molar-refractivity contribution < 1.29 is 0 Å². The first kappa shape index (κ1) is 13.5. The van der Waals surface area contributed by atoms with Crippen LogP contribution in [0.15, 0.2) is 54.6 Å². The van der Waals surface area contributed by atoms with Crippen molar-refractivity contribution in [3.63, 3.8) is 0 Å². The minimum absolute atomic E-state index is 0.518. The van der Waals surface area contributed by atoms with Crippen LogP contribution in [0.5, 0.6) is 0 Å². The minimum atomic E-state index is 0.518. The number of nitrogens with one attached hydrogen (secondary N) is 1. The number of imidazole rings is 1. The Hall–Kier alpha value is -2.13. The lowest BCUT2D eigenvalue weighted by atomic mass is 9.97. The van der Waals surface area contributed by atoms with Gasteiger partial charge in [0.05, 0.1) is 11.0 Å². The summed E-state index contributed by atoms with van der Waals surface area (Å²) in [6.45, 7) is 3.32.